The van der Waals surface area contributed by atoms with Gasteiger partial charge in [0.05, 0.1) is 6.54 Å². The van der Waals surface area contributed by atoms with Crippen LogP contribution in [0.1, 0.15) is 24.8 Å². The van der Waals surface area contributed by atoms with Crippen molar-refractivity contribution < 1.29 is 5.11 Å². The number of aliphatic hydroxyl groups is 1. The molecule has 8 heteroatoms. The number of rotatable bonds is 8. The summed E-state index contributed by atoms with van der Waals surface area (Å²) in [4.78, 5) is 10.5. The minimum absolute atomic E-state index is 0. The van der Waals surface area contributed by atoms with Crippen molar-refractivity contribution in [3.63, 3.8) is 0 Å². The largest absolute Gasteiger partial charge is 0.386 e. The van der Waals surface area contributed by atoms with Crippen molar-refractivity contribution in [3.05, 3.63) is 35.2 Å². The molecule has 1 saturated heterocycles. The number of guanidine groups is 1. The van der Waals surface area contributed by atoms with Gasteiger partial charge >= 0.3 is 0 Å². The van der Waals surface area contributed by atoms with E-state index in [1.165, 1.54) is 10.1 Å². The predicted octanol–water partition coefficient (Wildman–Crippen LogP) is 2.75. The Kier molecular flexibility index (Phi) is 10.6. The summed E-state index contributed by atoms with van der Waals surface area (Å²) in [6.07, 6.45) is -0.574. The predicted molar refractivity (Wildman–Crippen MR) is 135 cm³/mol. The number of nitrogens with one attached hydrogen (secondary N) is 2. The van der Waals surface area contributed by atoms with Gasteiger partial charge in [-0.25, -0.2) is 0 Å². The van der Waals surface area contributed by atoms with Crippen molar-refractivity contribution in [1.29, 1.82) is 0 Å². The molecule has 0 saturated carbocycles. The summed E-state index contributed by atoms with van der Waals surface area (Å²) < 4.78 is 1.20. The first-order valence-corrected chi connectivity index (χ1v) is 11.1. The molecule has 2 aromatic rings. The molecule has 1 aliphatic rings. The fraction of sp³-hybridized carbons (Fsp3) is 0.571. The average molecular weight is 532 g/mol. The number of aliphatic hydroxyl groups excluding tert-OH is 1. The molecule has 3 rings (SSSR count). The molecule has 1 aromatic heterocycles. The van der Waals surface area contributed by atoms with Crippen LogP contribution in [0.15, 0.2) is 35.3 Å². The summed E-state index contributed by atoms with van der Waals surface area (Å²) in [5, 5.41) is 18.4. The quantitative estimate of drug-likeness (QED) is 0.278. The monoisotopic (exact) mass is 531 g/mol. The molecule has 1 fully saturated rings. The van der Waals surface area contributed by atoms with Gasteiger partial charge in [-0.2, -0.15) is 0 Å². The van der Waals surface area contributed by atoms with Gasteiger partial charge in [0.2, 0.25) is 0 Å². The lowest BCUT2D eigenvalue weighted by atomic mass is 10.2. The van der Waals surface area contributed by atoms with Gasteiger partial charge in [-0.15, -0.1) is 35.3 Å². The minimum atomic E-state index is -0.574. The smallest absolute Gasteiger partial charge is 0.191 e. The molecule has 1 atom stereocenters. The van der Waals surface area contributed by atoms with Crippen LogP contribution < -0.4 is 10.6 Å². The van der Waals surface area contributed by atoms with Crippen molar-refractivity contribution in [2.75, 3.05) is 58.9 Å². The number of thiophene rings is 1. The molecule has 0 bridgehead atoms. The maximum absolute atomic E-state index is 10.6. The number of benzene rings is 1. The van der Waals surface area contributed by atoms with Gasteiger partial charge in [-0.1, -0.05) is 25.1 Å². The molecule has 0 amide bonds. The van der Waals surface area contributed by atoms with E-state index in [1.807, 2.05) is 12.1 Å². The van der Waals surface area contributed by atoms with Crippen LogP contribution in [0.2, 0.25) is 0 Å². The van der Waals surface area contributed by atoms with Gasteiger partial charge in [-0.3, -0.25) is 9.89 Å². The number of fused-ring (bicyclic) bond motifs is 1. The van der Waals surface area contributed by atoms with Gasteiger partial charge in [-0.05, 0) is 31.0 Å². The second kappa shape index (κ2) is 12.7. The van der Waals surface area contributed by atoms with E-state index in [0.29, 0.717) is 6.54 Å². The molecule has 1 unspecified atom stereocenters. The van der Waals surface area contributed by atoms with Crippen molar-refractivity contribution >= 4 is 51.4 Å². The number of halogens is 1. The number of likely N-dealkylation sites (N-methyl/N-ethyl adjacent to an activating group) is 1. The lowest BCUT2D eigenvalue weighted by Gasteiger charge is -2.34. The Morgan fingerprint density at radius 1 is 1.14 bits per heavy atom. The standard InChI is InChI=1S/C21H33N5OS.HI/c1-3-22-21(23-9-10-26-13-11-25(4-2)12-14-26)24-16-18(27)20-15-17-7-5-6-8-19(17)28-20;/h5-8,15,18,27H,3-4,9-14,16H2,1-2H3,(H2,22,23,24);1H. The first kappa shape index (κ1) is 24.3. The SMILES string of the molecule is CCNC(=NCC(O)c1cc2ccccc2s1)NCCN1CCN(CC)CC1.I. The maximum atomic E-state index is 10.6. The Morgan fingerprint density at radius 3 is 2.55 bits per heavy atom. The average Bonchev–Trinajstić information content (AvgIpc) is 3.16. The first-order valence-electron chi connectivity index (χ1n) is 10.3. The highest BCUT2D eigenvalue weighted by molar-refractivity contribution is 14.0. The molecule has 162 valence electrons. The Morgan fingerprint density at radius 2 is 1.86 bits per heavy atom. The van der Waals surface area contributed by atoms with E-state index in [1.54, 1.807) is 11.3 Å². The highest BCUT2D eigenvalue weighted by Crippen LogP contribution is 2.29. The molecule has 3 N–H and O–H groups in total. The van der Waals surface area contributed by atoms with Crippen LogP contribution in [0.3, 0.4) is 0 Å². The van der Waals surface area contributed by atoms with Crippen LogP contribution in [-0.2, 0) is 0 Å². The van der Waals surface area contributed by atoms with Crippen LogP contribution >= 0.6 is 35.3 Å². The Labute approximate surface area is 195 Å². The van der Waals surface area contributed by atoms with Crippen molar-refractivity contribution in [2.45, 2.75) is 20.0 Å². The lowest BCUT2D eigenvalue weighted by molar-refractivity contribution is 0.139. The highest BCUT2D eigenvalue weighted by atomic mass is 127. The van der Waals surface area contributed by atoms with Crippen LogP contribution in [0.5, 0.6) is 0 Å². The zero-order valence-electron chi connectivity index (χ0n) is 17.4. The third-order valence-corrected chi connectivity index (χ3v) is 6.39. The fourth-order valence-electron chi connectivity index (χ4n) is 3.44. The first-order chi connectivity index (χ1) is 13.7. The number of piperazine rings is 1. The van der Waals surface area contributed by atoms with Crippen LogP contribution in [-0.4, -0.2) is 79.8 Å². The fourth-order valence-corrected chi connectivity index (χ4v) is 4.48. The molecular formula is C21H34IN5OS. The summed E-state index contributed by atoms with van der Waals surface area (Å²) in [5.74, 6) is 0.773. The number of aliphatic imine (C=N–C) groups is 1. The molecular weight excluding hydrogens is 497 g/mol. The van der Waals surface area contributed by atoms with Gasteiger partial charge in [0.25, 0.3) is 0 Å². The topological polar surface area (TPSA) is 63.1 Å². The molecule has 6 nitrogen and oxygen atoms in total. The van der Waals surface area contributed by atoms with Gasteiger partial charge in [0.1, 0.15) is 6.10 Å². The molecule has 0 radical (unpaired) electrons. The zero-order valence-corrected chi connectivity index (χ0v) is 20.6. The maximum Gasteiger partial charge on any atom is 0.191 e. The summed E-state index contributed by atoms with van der Waals surface area (Å²) in [7, 11) is 0. The Bertz CT molecular complexity index is 727. The van der Waals surface area contributed by atoms with E-state index in [0.717, 1.165) is 63.2 Å². The van der Waals surface area contributed by atoms with Crippen LogP contribution in [0, 0.1) is 0 Å². The molecule has 1 aromatic carbocycles. The molecule has 0 aliphatic carbocycles. The minimum Gasteiger partial charge on any atom is -0.386 e. The summed E-state index contributed by atoms with van der Waals surface area (Å²) in [6, 6.07) is 10.3. The molecule has 29 heavy (non-hydrogen) atoms. The summed E-state index contributed by atoms with van der Waals surface area (Å²) in [5.41, 5.74) is 0. The van der Waals surface area contributed by atoms with Crippen molar-refractivity contribution in [3.8, 4) is 0 Å². The van der Waals surface area contributed by atoms with Gasteiger partial charge in [0.15, 0.2) is 5.96 Å². The highest BCUT2D eigenvalue weighted by Gasteiger charge is 2.15. The number of hydrogen-bond acceptors (Lipinski definition) is 5. The van der Waals surface area contributed by atoms with Crippen molar-refractivity contribution in [2.24, 2.45) is 4.99 Å². The van der Waals surface area contributed by atoms with E-state index >= 15 is 0 Å². The Hall–Kier alpha value is -0.940. The van der Waals surface area contributed by atoms with E-state index < -0.39 is 6.10 Å². The second-order valence-corrected chi connectivity index (χ2v) is 8.24. The molecule has 1 aliphatic heterocycles. The number of nitrogens with zero attached hydrogens (tertiary/aromatic N) is 3. The van der Waals surface area contributed by atoms with E-state index in [-0.39, 0.29) is 24.0 Å². The third-order valence-electron chi connectivity index (χ3n) is 5.17. The summed E-state index contributed by atoms with van der Waals surface area (Å²) >= 11 is 1.64. The zero-order chi connectivity index (χ0) is 19.8. The number of hydrogen-bond donors (Lipinski definition) is 3. The molecule has 0 spiro atoms. The third kappa shape index (κ3) is 7.36. The van der Waals surface area contributed by atoms with Crippen LogP contribution in [0.25, 0.3) is 10.1 Å². The normalized spacial score (nSPS) is 17.1. The van der Waals surface area contributed by atoms with Gasteiger partial charge in [0, 0.05) is 55.4 Å². The molecule has 2 heterocycles. The van der Waals surface area contributed by atoms with E-state index in [4.69, 9.17) is 0 Å². The second-order valence-electron chi connectivity index (χ2n) is 7.12. The van der Waals surface area contributed by atoms with E-state index in [9.17, 15) is 5.11 Å². The van der Waals surface area contributed by atoms with Gasteiger partial charge < -0.3 is 20.6 Å². The van der Waals surface area contributed by atoms with Crippen LogP contribution in [0.4, 0.5) is 0 Å². The lowest BCUT2D eigenvalue weighted by Crippen LogP contribution is -2.49. The van der Waals surface area contributed by atoms with E-state index in [2.05, 4.69) is 57.5 Å². The Balaban J connectivity index is 0.00000300. The summed E-state index contributed by atoms with van der Waals surface area (Å²) in [6.45, 7) is 13.0. The van der Waals surface area contributed by atoms with Crippen molar-refractivity contribution in [1.82, 2.24) is 20.4 Å².